The number of nitrogens with zero attached hydrogens (tertiary/aromatic N) is 1. The topological polar surface area (TPSA) is 65.5 Å². The molecule has 0 aromatic carbocycles. The maximum absolute atomic E-state index is 11.3. The van der Waals surface area contributed by atoms with Crippen LogP contribution in [-0.2, 0) is 4.79 Å². The van der Waals surface area contributed by atoms with Crippen LogP contribution in [0, 0.1) is 0 Å². The van der Waals surface area contributed by atoms with Gasteiger partial charge in [0.1, 0.15) is 0 Å². The Balaban J connectivity index is 1.88. The molecule has 5 nitrogen and oxygen atoms in total. The molecule has 0 radical (unpaired) electrons. The van der Waals surface area contributed by atoms with Gasteiger partial charge in [0, 0.05) is 12.6 Å². The Morgan fingerprint density at radius 2 is 2.07 bits per heavy atom. The van der Waals surface area contributed by atoms with E-state index in [1.807, 2.05) is 0 Å². The molecule has 1 saturated heterocycles. The first kappa shape index (κ1) is 9.45. The monoisotopic (exact) mass is 196 g/mol. The summed E-state index contributed by atoms with van der Waals surface area (Å²) in [4.78, 5) is 15.5. The van der Waals surface area contributed by atoms with Crippen LogP contribution in [0.1, 0.15) is 12.8 Å². The zero-order valence-corrected chi connectivity index (χ0v) is 8.18. The van der Waals surface area contributed by atoms with Gasteiger partial charge in [-0.25, -0.2) is 0 Å². The van der Waals surface area contributed by atoms with Crippen molar-refractivity contribution in [1.29, 1.82) is 0 Å². The molecule has 0 aliphatic carbocycles. The fourth-order valence-electron chi connectivity index (χ4n) is 1.76. The first-order valence-corrected chi connectivity index (χ1v) is 5.16. The van der Waals surface area contributed by atoms with Crippen molar-refractivity contribution in [1.82, 2.24) is 16.0 Å². The molecule has 2 heterocycles. The number of nitrogens with one attached hydrogen (secondary N) is 3. The van der Waals surface area contributed by atoms with E-state index < -0.39 is 0 Å². The van der Waals surface area contributed by atoms with E-state index in [0.29, 0.717) is 25.0 Å². The van der Waals surface area contributed by atoms with E-state index in [1.165, 1.54) is 0 Å². The van der Waals surface area contributed by atoms with Gasteiger partial charge >= 0.3 is 0 Å². The molecule has 1 amide bonds. The van der Waals surface area contributed by atoms with Crippen molar-refractivity contribution >= 4 is 11.7 Å². The molecule has 2 rings (SSSR count). The number of rotatable bonds is 1. The van der Waals surface area contributed by atoms with Crippen LogP contribution in [0.15, 0.2) is 4.99 Å². The molecular weight excluding hydrogens is 180 g/mol. The van der Waals surface area contributed by atoms with Crippen molar-refractivity contribution in [3.05, 3.63) is 0 Å². The Kier molecular flexibility index (Phi) is 2.98. The summed E-state index contributed by atoms with van der Waals surface area (Å²) < 4.78 is 0. The molecule has 1 fully saturated rings. The van der Waals surface area contributed by atoms with E-state index in [2.05, 4.69) is 20.9 Å². The van der Waals surface area contributed by atoms with Crippen LogP contribution in [0.3, 0.4) is 0 Å². The number of piperidine rings is 1. The summed E-state index contributed by atoms with van der Waals surface area (Å²) in [5.74, 6) is 0.456. The highest BCUT2D eigenvalue weighted by atomic mass is 16.2. The third-order valence-corrected chi connectivity index (χ3v) is 2.56. The Hall–Kier alpha value is -1.10. The van der Waals surface area contributed by atoms with Gasteiger partial charge < -0.3 is 16.0 Å². The molecule has 0 aromatic heterocycles. The third-order valence-electron chi connectivity index (χ3n) is 2.56. The molecule has 0 spiro atoms. The molecule has 5 heteroatoms. The average Bonchev–Trinajstić information content (AvgIpc) is 2.23. The second-order valence-electron chi connectivity index (χ2n) is 3.65. The van der Waals surface area contributed by atoms with Gasteiger partial charge in [-0.3, -0.25) is 9.79 Å². The predicted octanol–water partition coefficient (Wildman–Crippen LogP) is -1.14. The maximum atomic E-state index is 11.3. The normalized spacial score (nSPS) is 24.0. The first-order chi connectivity index (χ1) is 6.86. The highest BCUT2D eigenvalue weighted by Crippen LogP contribution is 2.02. The molecule has 78 valence electrons. The van der Waals surface area contributed by atoms with Crippen LogP contribution in [-0.4, -0.2) is 44.0 Å². The van der Waals surface area contributed by atoms with E-state index in [0.717, 1.165) is 25.9 Å². The SMILES string of the molecule is O=C1NCCN=C1NC1CCNCC1. The first-order valence-electron chi connectivity index (χ1n) is 5.16. The zero-order valence-electron chi connectivity index (χ0n) is 8.18. The molecular formula is C9H16N4O. The summed E-state index contributed by atoms with van der Waals surface area (Å²) >= 11 is 0. The lowest BCUT2D eigenvalue weighted by Crippen LogP contribution is -2.50. The van der Waals surface area contributed by atoms with Gasteiger partial charge in [0.25, 0.3) is 5.91 Å². The van der Waals surface area contributed by atoms with Crippen molar-refractivity contribution in [2.45, 2.75) is 18.9 Å². The molecule has 2 aliphatic heterocycles. The lowest BCUT2D eigenvalue weighted by Gasteiger charge is -2.26. The minimum atomic E-state index is -0.0604. The van der Waals surface area contributed by atoms with E-state index in [1.54, 1.807) is 0 Å². The summed E-state index contributed by atoms with van der Waals surface area (Å²) in [5, 5.41) is 9.26. The molecule has 2 aliphatic rings. The standard InChI is InChI=1S/C9H16N4O/c14-9-8(11-5-6-12-9)13-7-1-3-10-4-2-7/h7,10H,1-6H2,(H,11,13)(H,12,14). The van der Waals surface area contributed by atoms with Crippen LogP contribution >= 0.6 is 0 Å². The second-order valence-corrected chi connectivity index (χ2v) is 3.65. The summed E-state index contributed by atoms with van der Waals surface area (Å²) in [6.45, 7) is 3.40. The Bertz CT molecular complexity index is 245. The molecule has 0 atom stereocenters. The van der Waals surface area contributed by atoms with Gasteiger partial charge in [-0.2, -0.15) is 0 Å². The largest absolute Gasteiger partial charge is 0.363 e. The van der Waals surface area contributed by atoms with Gasteiger partial charge in [-0.15, -0.1) is 0 Å². The number of carbonyl (C=O) groups is 1. The van der Waals surface area contributed by atoms with E-state index in [9.17, 15) is 4.79 Å². The Morgan fingerprint density at radius 3 is 2.79 bits per heavy atom. The number of amides is 1. The van der Waals surface area contributed by atoms with Crippen LogP contribution in [0.25, 0.3) is 0 Å². The van der Waals surface area contributed by atoms with Crippen LogP contribution < -0.4 is 16.0 Å². The Labute approximate surface area is 83.4 Å². The van der Waals surface area contributed by atoms with E-state index in [-0.39, 0.29) is 5.91 Å². The minimum Gasteiger partial charge on any atom is -0.363 e. The maximum Gasteiger partial charge on any atom is 0.286 e. The van der Waals surface area contributed by atoms with Crippen LogP contribution in [0.2, 0.25) is 0 Å². The van der Waals surface area contributed by atoms with Crippen LogP contribution in [0.5, 0.6) is 0 Å². The number of hydrogen-bond acceptors (Lipinski definition) is 4. The van der Waals surface area contributed by atoms with Crippen molar-refractivity contribution < 1.29 is 4.79 Å². The summed E-state index contributed by atoms with van der Waals surface area (Å²) in [7, 11) is 0. The fourth-order valence-corrected chi connectivity index (χ4v) is 1.76. The highest BCUT2D eigenvalue weighted by molar-refractivity contribution is 6.38. The van der Waals surface area contributed by atoms with Gasteiger partial charge in [0.05, 0.1) is 6.54 Å². The quantitative estimate of drug-likeness (QED) is 0.496. The van der Waals surface area contributed by atoms with Gasteiger partial charge in [-0.1, -0.05) is 0 Å². The summed E-state index contributed by atoms with van der Waals surface area (Å²) in [6, 6.07) is 0.402. The average molecular weight is 196 g/mol. The minimum absolute atomic E-state index is 0.0604. The second kappa shape index (κ2) is 4.41. The predicted molar refractivity (Wildman–Crippen MR) is 54.3 cm³/mol. The number of hydrogen-bond donors (Lipinski definition) is 3. The highest BCUT2D eigenvalue weighted by Gasteiger charge is 2.19. The smallest absolute Gasteiger partial charge is 0.286 e. The van der Waals surface area contributed by atoms with Crippen molar-refractivity contribution in [2.75, 3.05) is 26.2 Å². The number of amidine groups is 1. The summed E-state index contributed by atoms with van der Waals surface area (Å²) in [5.41, 5.74) is 0. The van der Waals surface area contributed by atoms with Crippen molar-refractivity contribution in [3.63, 3.8) is 0 Å². The zero-order chi connectivity index (χ0) is 9.80. The summed E-state index contributed by atoms with van der Waals surface area (Å²) in [6.07, 6.45) is 2.12. The number of aliphatic imine (C=N–C) groups is 1. The van der Waals surface area contributed by atoms with Gasteiger partial charge in [0.2, 0.25) is 0 Å². The Morgan fingerprint density at radius 1 is 1.29 bits per heavy atom. The van der Waals surface area contributed by atoms with E-state index >= 15 is 0 Å². The van der Waals surface area contributed by atoms with E-state index in [4.69, 9.17) is 0 Å². The van der Waals surface area contributed by atoms with Crippen molar-refractivity contribution in [2.24, 2.45) is 4.99 Å². The van der Waals surface area contributed by atoms with Gasteiger partial charge in [0.15, 0.2) is 5.84 Å². The molecule has 0 bridgehead atoms. The fraction of sp³-hybridized carbons (Fsp3) is 0.778. The molecule has 14 heavy (non-hydrogen) atoms. The molecule has 0 aromatic rings. The third kappa shape index (κ3) is 2.23. The van der Waals surface area contributed by atoms with Gasteiger partial charge in [-0.05, 0) is 25.9 Å². The van der Waals surface area contributed by atoms with Crippen molar-refractivity contribution in [3.8, 4) is 0 Å². The lowest BCUT2D eigenvalue weighted by molar-refractivity contribution is -0.115. The number of carbonyl (C=O) groups excluding carboxylic acids is 1. The lowest BCUT2D eigenvalue weighted by atomic mass is 10.1. The molecule has 0 unspecified atom stereocenters. The molecule has 0 saturated carbocycles. The molecule has 3 N–H and O–H groups in total. The van der Waals surface area contributed by atoms with Crippen LogP contribution in [0.4, 0.5) is 0 Å².